The first kappa shape index (κ1) is 12.7. The van der Waals surface area contributed by atoms with E-state index in [0.29, 0.717) is 0 Å². The number of rotatable bonds is 4. The number of hydrogen-bond donors (Lipinski definition) is 1. The fourth-order valence-corrected chi connectivity index (χ4v) is 2.07. The number of halogens is 1. The molecular formula is C12H19BrN2. The summed E-state index contributed by atoms with van der Waals surface area (Å²) >= 11 is 3.49. The fourth-order valence-electron chi connectivity index (χ4n) is 1.66. The molecule has 1 rings (SSSR count). The number of benzene rings is 1. The zero-order chi connectivity index (χ0) is 11.4. The molecule has 0 saturated carbocycles. The van der Waals surface area contributed by atoms with Crippen LogP contribution in [0.1, 0.15) is 18.1 Å². The summed E-state index contributed by atoms with van der Waals surface area (Å²) in [6.45, 7) is 6.05. The first-order valence-electron chi connectivity index (χ1n) is 5.18. The van der Waals surface area contributed by atoms with Crippen molar-refractivity contribution in [3.8, 4) is 0 Å². The first-order valence-corrected chi connectivity index (χ1v) is 5.97. The normalized spacial score (nSPS) is 13.2. The predicted octanol–water partition coefficient (Wildman–Crippen LogP) is 2.54. The van der Waals surface area contributed by atoms with E-state index in [1.807, 2.05) is 6.92 Å². The van der Waals surface area contributed by atoms with Crippen LogP contribution in [0.4, 0.5) is 0 Å². The number of likely N-dealkylation sites (N-methyl/N-ethyl adjacent to an activating group) is 1. The molecule has 1 aromatic rings. The lowest BCUT2D eigenvalue weighted by Gasteiger charge is -2.20. The van der Waals surface area contributed by atoms with Gasteiger partial charge in [0.25, 0.3) is 0 Å². The molecule has 1 unspecified atom stereocenters. The Kier molecular flexibility index (Phi) is 4.77. The van der Waals surface area contributed by atoms with Crippen molar-refractivity contribution in [1.29, 1.82) is 0 Å². The van der Waals surface area contributed by atoms with E-state index in [4.69, 9.17) is 5.73 Å². The molecule has 2 N–H and O–H groups in total. The van der Waals surface area contributed by atoms with Crippen LogP contribution in [-0.4, -0.2) is 24.5 Å². The maximum atomic E-state index is 5.76. The van der Waals surface area contributed by atoms with E-state index in [-0.39, 0.29) is 6.04 Å². The molecule has 2 nitrogen and oxygen atoms in total. The summed E-state index contributed by atoms with van der Waals surface area (Å²) in [4.78, 5) is 2.25. The Morgan fingerprint density at radius 1 is 1.47 bits per heavy atom. The van der Waals surface area contributed by atoms with Crippen LogP contribution in [0.15, 0.2) is 22.7 Å². The monoisotopic (exact) mass is 270 g/mol. The Labute approximate surface area is 101 Å². The van der Waals surface area contributed by atoms with Crippen LogP contribution in [0, 0.1) is 6.92 Å². The van der Waals surface area contributed by atoms with E-state index < -0.39 is 0 Å². The van der Waals surface area contributed by atoms with E-state index in [0.717, 1.165) is 17.6 Å². The molecule has 0 heterocycles. The van der Waals surface area contributed by atoms with Gasteiger partial charge in [0, 0.05) is 23.6 Å². The quantitative estimate of drug-likeness (QED) is 0.911. The first-order chi connectivity index (χ1) is 6.99. The lowest BCUT2D eigenvalue weighted by Crippen LogP contribution is -2.32. The summed E-state index contributed by atoms with van der Waals surface area (Å²) in [5.74, 6) is 0. The molecule has 0 bridgehead atoms. The molecular weight excluding hydrogens is 252 g/mol. The average Bonchev–Trinajstić information content (AvgIpc) is 2.10. The number of nitrogens with zero attached hydrogens (tertiary/aromatic N) is 1. The molecule has 3 heteroatoms. The summed E-state index contributed by atoms with van der Waals surface area (Å²) in [7, 11) is 2.10. The van der Waals surface area contributed by atoms with Gasteiger partial charge in [-0.3, -0.25) is 0 Å². The van der Waals surface area contributed by atoms with Crippen LogP contribution in [-0.2, 0) is 6.54 Å². The van der Waals surface area contributed by atoms with Crippen molar-refractivity contribution in [2.75, 3.05) is 13.6 Å². The van der Waals surface area contributed by atoms with E-state index in [1.165, 1.54) is 11.1 Å². The molecule has 0 radical (unpaired) electrons. The maximum absolute atomic E-state index is 5.76. The average molecular weight is 271 g/mol. The summed E-state index contributed by atoms with van der Waals surface area (Å²) < 4.78 is 1.14. The molecule has 0 fully saturated rings. The van der Waals surface area contributed by atoms with Gasteiger partial charge in [-0.15, -0.1) is 0 Å². The van der Waals surface area contributed by atoms with Crippen molar-refractivity contribution >= 4 is 15.9 Å². The Hall–Kier alpha value is -0.380. The third-order valence-electron chi connectivity index (χ3n) is 2.35. The van der Waals surface area contributed by atoms with E-state index >= 15 is 0 Å². The van der Waals surface area contributed by atoms with Crippen molar-refractivity contribution in [2.24, 2.45) is 5.73 Å². The van der Waals surface area contributed by atoms with E-state index in [9.17, 15) is 0 Å². The second kappa shape index (κ2) is 5.64. The molecule has 0 aliphatic carbocycles. The Bertz CT molecular complexity index is 323. The van der Waals surface area contributed by atoms with Crippen LogP contribution in [0.5, 0.6) is 0 Å². The molecule has 1 aromatic carbocycles. The molecule has 15 heavy (non-hydrogen) atoms. The van der Waals surface area contributed by atoms with Crippen LogP contribution in [0.3, 0.4) is 0 Å². The third kappa shape index (κ3) is 4.33. The van der Waals surface area contributed by atoms with Crippen molar-refractivity contribution < 1.29 is 0 Å². The van der Waals surface area contributed by atoms with Gasteiger partial charge in [0.15, 0.2) is 0 Å². The zero-order valence-electron chi connectivity index (χ0n) is 9.63. The number of hydrogen-bond acceptors (Lipinski definition) is 2. The van der Waals surface area contributed by atoms with Crippen molar-refractivity contribution in [3.63, 3.8) is 0 Å². The largest absolute Gasteiger partial charge is 0.327 e. The molecule has 0 aliphatic rings. The van der Waals surface area contributed by atoms with Gasteiger partial charge in [0.1, 0.15) is 0 Å². The second-order valence-corrected chi connectivity index (χ2v) is 5.16. The van der Waals surface area contributed by atoms with Gasteiger partial charge in [-0.1, -0.05) is 22.0 Å². The molecule has 84 valence electrons. The molecule has 0 spiro atoms. The molecule has 0 saturated heterocycles. The van der Waals surface area contributed by atoms with Gasteiger partial charge in [0.2, 0.25) is 0 Å². The summed E-state index contributed by atoms with van der Waals surface area (Å²) in [6.07, 6.45) is 0. The highest BCUT2D eigenvalue weighted by Gasteiger charge is 2.05. The SMILES string of the molecule is Cc1ccc(Br)cc1CN(C)CC(C)N. The lowest BCUT2D eigenvalue weighted by molar-refractivity contribution is 0.309. The third-order valence-corrected chi connectivity index (χ3v) is 2.84. The number of aryl methyl sites for hydroxylation is 1. The lowest BCUT2D eigenvalue weighted by atomic mass is 10.1. The minimum atomic E-state index is 0.224. The van der Waals surface area contributed by atoms with E-state index in [2.05, 4.69) is 53.0 Å². The smallest absolute Gasteiger partial charge is 0.0234 e. The minimum Gasteiger partial charge on any atom is -0.327 e. The number of nitrogens with two attached hydrogens (primary N) is 1. The summed E-state index contributed by atoms with van der Waals surface area (Å²) in [5.41, 5.74) is 8.45. The topological polar surface area (TPSA) is 29.3 Å². The molecule has 0 amide bonds. The summed E-state index contributed by atoms with van der Waals surface area (Å²) in [5, 5.41) is 0. The fraction of sp³-hybridized carbons (Fsp3) is 0.500. The minimum absolute atomic E-state index is 0.224. The van der Waals surface area contributed by atoms with Crippen molar-refractivity contribution in [3.05, 3.63) is 33.8 Å². The predicted molar refractivity (Wildman–Crippen MR) is 68.9 cm³/mol. The van der Waals surface area contributed by atoms with E-state index in [1.54, 1.807) is 0 Å². The standard InChI is InChI=1S/C12H19BrN2/c1-9-4-5-12(13)6-11(9)8-15(3)7-10(2)14/h4-6,10H,7-8,14H2,1-3H3. The highest BCUT2D eigenvalue weighted by molar-refractivity contribution is 9.10. The second-order valence-electron chi connectivity index (χ2n) is 4.24. The van der Waals surface area contributed by atoms with Gasteiger partial charge in [-0.25, -0.2) is 0 Å². The Morgan fingerprint density at radius 2 is 2.13 bits per heavy atom. The van der Waals surface area contributed by atoms with Crippen molar-refractivity contribution in [1.82, 2.24) is 4.90 Å². The molecule has 0 aromatic heterocycles. The summed E-state index contributed by atoms with van der Waals surface area (Å²) in [6, 6.07) is 6.61. The van der Waals surface area contributed by atoms with Gasteiger partial charge >= 0.3 is 0 Å². The van der Waals surface area contributed by atoms with Gasteiger partial charge < -0.3 is 10.6 Å². The van der Waals surface area contributed by atoms with Crippen LogP contribution in [0.2, 0.25) is 0 Å². The Balaban J connectivity index is 2.67. The highest BCUT2D eigenvalue weighted by atomic mass is 79.9. The maximum Gasteiger partial charge on any atom is 0.0234 e. The van der Waals surface area contributed by atoms with Crippen LogP contribution >= 0.6 is 15.9 Å². The Morgan fingerprint density at radius 3 is 2.73 bits per heavy atom. The zero-order valence-corrected chi connectivity index (χ0v) is 11.2. The highest BCUT2D eigenvalue weighted by Crippen LogP contribution is 2.17. The van der Waals surface area contributed by atoms with Gasteiger partial charge in [0.05, 0.1) is 0 Å². The van der Waals surface area contributed by atoms with Crippen LogP contribution < -0.4 is 5.73 Å². The molecule has 1 atom stereocenters. The van der Waals surface area contributed by atoms with Gasteiger partial charge in [-0.05, 0) is 44.2 Å². The van der Waals surface area contributed by atoms with Crippen molar-refractivity contribution in [2.45, 2.75) is 26.4 Å². The van der Waals surface area contributed by atoms with Crippen LogP contribution in [0.25, 0.3) is 0 Å². The molecule has 0 aliphatic heterocycles. The van der Waals surface area contributed by atoms with Gasteiger partial charge in [-0.2, -0.15) is 0 Å².